The molecule has 2 rings (SSSR count). The van der Waals surface area contributed by atoms with Gasteiger partial charge in [-0.2, -0.15) is 10.2 Å². The number of aromatic nitrogens is 4. The molecule has 0 bridgehead atoms. The summed E-state index contributed by atoms with van der Waals surface area (Å²) < 4.78 is 3.91. The second-order valence-corrected chi connectivity index (χ2v) is 4.58. The monoisotopic (exact) mass is 247 g/mol. The first-order valence-corrected chi connectivity index (χ1v) is 6.41. The van der Waals surface area contributed by atoms with E-state index in [0.717, 1.165) is 37.4 Å². The Morgan fingerprint density at radius 3 is 2.78 bits per heavy atom. The number of aryl methyl sites for hydroxylation is 3. The van der Waals surface area contributed by atoms with Gasteiger partial charge in [0.05, 0.1) is 17.1 Å². The van der Waals surface area contributed by atoms with Crippen molar-refractivity contribution < 1.29 is 0 Å². The minimum atomic E-state index is 0.789. The van der Waals surface area contributed by atoms with Crippen LogP contribution in [0.1, 0.15) is 30.4 Å². The first-order valence-electron chi connectivity index (χ1n) is 6.41. The molecule has 5 nitrogen and oxygen atoms in total. The Balaban J connectivity index is 1.89. The molecular formula is C13H21N5. The molecule has 1 N–H and O–H groups in total. The third-order valence-electron chi connectivity index (χ3n) is 2.80. The van der Waals surface area contributed by atoms with Gasteiger partial charge in [0.2, 0.25) is 0 Å². The van der Waals surface area contributed by atoms with Gasteiger partial charge in [0.1, 0.15) is 0 Å². The number of nitrogens with one attached hydrogen (secondary N) is 1. The summed E-state index contributed by atoms with van der Waals surface area (Å²) in [5.74, 6) is 0. The van der Waals surface area contributed by atoms with Crippen molar-refractivity contribution in [2.75, 3.05) is 0 Å². The Morgan fingerprint density at radius 1 is 1.28 bits per heavy atom. The highest BCUT2D eigenvalue weighted by Crippen LogP contribution is 2.05. The predicted molar refractivity (Wildman–Crippen MR) is 71.0 cm³/mol. The van der Waals surface area contributed by atoms with Crippen LogP contribution in [0.4, 0.5) is 0 Å². The summed E-state index contributed by atoms with van der Waals surface area (Å²) in [5, 5.41) is 12.2. The Hall–Kier alpha value is -1.62. The molecule has 2 aromatic rings. The summed E-state index contributed by atoms with van der Waals surface area (Å²) in [6, 6.07) is 4.17. The summed E-state index contributed by atoms with van der Waals surface area (Å²) in [4.78, 5) is 0. The highest BCUT2D eigenvalue weighted by molar-refractivity contribution is 5.09. The fourth-order valence-electron chi connectivity index (χ4n) is 2.02. The standard InChI is InChI=1S/C13H21N5/c1-4-6-18-13(8-11(2)15-18)10-14-9-12-5-7-17(3)16-12/h5,7-8,14H,4,6,9-10H2,1-3H3. The molecule has 0 aliphatic rings. The SMILES string of the molecule is CCCn1nc(C)cc1CNCc1ccn(C)n1. The van der Waals surface area contributed by atoms with Crippen molar-refractivity contribution in [1.29, 1.82) is 0 Å². The lowest BCUT2D eigenvalue weighted by molar-refractivity contribution is 0.544. The first-order chi connectivity index (χ1) is 8.69. The number of hydrogen-bond donors (Lipinski definition) is 1. The first kappa shape index (κ1) is 12.8. The Morgan fingerprint density at radius 2 is 2.11 bits per heavy atom. The fraction of sp³-hybridized carbons (Fsp3) is 0.538. The maximum absolute atomic E-state index is 4.49. The molecule has 0 amide bonds. The van der Waals surface area contributed by atoms with Crippen molar-refractivity contribution in [3.63, 3.8) is 0 Å². The van der Waals surface area contributed by atoms with Crippen molar-refractivity contribution in [2.45, 2.75) is 39.9 Å². The van der Waals surface area contributed by atoms with E-state index < -0.39 is 0 Å². The molecular weight excluding hydrogens is 226 g/mol. The fourth-order valence-corrected chi connectivity index (χ4v) is 2.02. The van der Waals surface area contributed by atoms with Crippen LogP contribution in [0, 0.1) is 6.92 Å². The highest BCUT2D eigenvalue weighted by atomic mass is 15.3. The van der Waals surface area contributed by atoms with Gasteiger partial charge in [0, 0.05) is 32.9 Å². The third kappa shape index (κ3) is 3.20. The van der Waals surface area contributed by atoms with Gasteiger partial charge in [-0.1, -0.05) is 6.92 Å². The van der Waals surface area contributed by atoms with Crippen molar-refractivity contribution >= 4 is 0 Å². The van der Waals surface area contributed by atoms with Crippen LogP contribution in [0.2, 0.25) is 0 Å². The predicted octanol–water partition coefficient (Wildman–Crippen LogP) is 1.62. The second kappa shape index (κ2) is 5.82. The van der Waals surface area contributed by atoms with Gasteiger partial charge < -0.3 is 5.32 Å². The maximum Gasteiger partial charge on any atom is 0.0762 e. The number of nitrogens with zero attached hydrogens (tertiary/aromatic N) is 4. The summed E-state index contributed by atoms with van der Waals surface area (Å²) in [6.07, 6.45) is 3.07. The zero-order chi connectivity index (χ0) is 13.0. The topological polar surface area (TPSA) is 47.7 Å². The molecule has 18 heavy (non-hydrogen) atoms. The zero-order valence-electron chi connectivity index (χ0n) is 11.3. The maximum atomic E-state index is 4.49. The molecule has 0 aromatic carbocycles. The third-order valence-corrected chi connectivity index (χ3v) is 2.80. The summed E-state index contributed by atoms with van der Waals surface area (Å²) >= 11 is 0. The Bertz CT molecular complexity index is 497. The van der Waals surface area contributed by atoms with Gasteiger partial charge in [-0.05, 0) is 25.5 Å². The molecule has 0 fully saturated rings. The van der Waals surface area contributed by atoms with Crippen LogP contribution in [0.15, 0.2) is 18.3 Å². The van der Waals surface area contributed by atoms with Crippen molar-refractivity contribution in [3.8, 4) is 0 Å². The van der Waals surface area contributed by atoms with Crippen LogP contribution < -0.4 is 5.32 Å². The summed E-state index contributed by atoms with van der Waals surface area (Å²) in [7, 11) is 1.93. The molecule has 0 atom stereocenters. The van der Waals surface area contributed by atoms with Gasteiger partial charge in [0.15, 0.2) is 0 Å². The van der Waals surface area contributed by atoms with E-state index in [9.17, 15) is 0 Å². The number of hydrogen-bond acceptors (Lipinski definition) is 3. The quantitative estimate of drug-likeness (QED) is 0.844. The average Bonchev–Trinajstić information content (AvgIpc) is 2.87. The van der Waals surface area contributed by atoms with E-state index in [1.165, 1.54) is 5.69 Å². The zero-order valence-corrected chi connectivity index (χ0v) is 11.3. The molecule has 0 saturated carbocycles. The second-order valence-electron chi connectivity index (χ2n) is 4.58. The van der Waals surface area contributed by atoms with Crippen molar-refractivity contribution in [3.05, 3.63) is 35.4 Å². The van der Waals surface area contributed by atoms with E-state index in [4.69, 9.17) is 0 Å². The molecule has 2 aromatic heterocycles. The van der Waals surface area contributed by atoms with E-state index in [-0.39, 0.29) is 0 Å². The normalized spacial score (nSPS) is 11.1. The van der Waals surface area contributed by atoms with Gasteiger partial charge in [-0.15, -0.1) is 0 Å². The van der Waals surface area contributed by atoms with Gasteiger partial charge in [-0.25, -0.2) is 0 Å². The molecule has 0 unspecified atom stereocenters. The van der Waals surface area contributed by atoms with Crippen LogP contribution in [0.3, 0.4) is 0 Å². The molecule has 2 heterocycles. The van der Waals surface area contributed by atoms with Crippen LogP contribution >= 0.6 is 0 Å². The van der Waals surface area contributed by atoms with Crippen LogP contribution in [-0.4, -0.2) is 19.6 Å². The van der Waals surface area contributed by atoms with Gasteiger partial charge >= 0.3 is 0 Å². The summed E-state index contributed by atoms with van der Waals surface area (Å²) in [5.41, 5.74) is 3.39. The smallest absolute Gasteiger partial charge is 0.0762 e. The molecule has 98 valence electrons. The lowest BCUT2D eigenvalue weighted by Crippen LogP contribution is -2.17. The van der Waals surface area contributed by atoms with E-state index in [1.807, 2.05) is 30.9 Å². The molecule has 0 aliphatic carbocycles. The molecule has 0 saturated heterocycles. The lowest BCUT2D eigenvalue weighted by atomic mass is 10.3. The van der Waals surface area contributed by atoms with Crippen LogP contribution in [0.25, 0.3) is 0 Å². The minimum absolute atomic E-state index is 0.789. The van der Waals surface area contributed by atoms with E-state index in [0.29, 0.717) is 0 Å². The molecule has 0 radical (unpaired) electrons. The van der Waals surface area contributed by atoms with E-state index in [2.05, 4.69) is 33.2 Å². The largest absolute Gasteiger partial charge is 0.305 e. The van der Waals surface area contributed by atoms with Crippen LogP contribution in [0.5, 0.6) is 0 Å². The van der Waals surface area contributed by atoms with Crippen molar-refractivity contribution in [2.24, 2.45) is 7.05 Å². The van der Waals surface area contributed by atoms with Crippen LogP contribution in [-0.2, 0) is 26.7 Å². The van der Waals surface area contributed by atoms with Crippen molar-refractivity contribution in [1.82, 2.24) is 24.9 Å². The Labute approximate surface area is 108 Å². The van der Waals surface area contributed by atoms with Gasteiger partial charge in [-0.3, -0.25) is 9.36 Å². The minimum Gasteiger partial charge on any atom is -0.305 e. The molecule has 5 heteroatoms. The highest BCUT2D eigenvalue weighted by Gasteiger charge is 2.04. The summed E-state index contributed by atoms with van der Waals surface area (Å²) in [6.45, 7) is 6.81. The molecule has 0 spiro atoms. The Kier molecular flexibility index (Phi) is 4.15. The average molecular weight is 247 g/mol. The molecule has 0 aliphatic heterocycles. The van der Waals surface area contributed by atoms with E-state index in [1.54, 1.807) is 0 Å². The van der Waals surface area contributed by atoms with Gasteiger partial charge in [0.25, 0.3) is 0 Å². The lowest BCUT2D eigenvalue weighted by Gasteiger charge is -2.06. The number of rotatable bonds is 6. The van der Waals surface area contributed by atoms with E-state index >= 15 is 0 Å².